The van der Waals surface area contributed by atoms with Crippen LogP contribution in [0, 0.1) is 0 Å². The third-order valence-corrected chi connectivity index (χ3v) is 6.94. The number of phosphoric ester groups is 1. The highest BCUT2D eigenvalue weighted by Crippen LogP contribution is 2.43. The Kier molecular flexibility index (Phi) is 23.2. The predicted molar refractivity (Wildman–Crippen MR) is 140 cm³/mol. The lowest BCUT2D eigenvalue weighted by atomic mass is 10.0. The van der Waals surface area contributed by atoms with Gasteiger partial charge in [0.2, 0.25) is 0 Å². The molecule has 0 saturated heterocycles. The van der Waals surface area contributed by atoms with Crippen LogP contribution in [0.25, 0.3) is 0 Å². The lowest BCUT2D eigenvalue weighted by molar-refractivity contribution is -0.139. The number of phosphoric acid groups is 1. The lowest BCUT2D eigenvalue weighted by Gasteiger charge is -2.18. The molecule has 0 aliphatic heterocycles. The van der Waals surface area contributed by atoms with Gasteiger partial charge in [0.15, 0.2) is 0 Å². The number of carboxylic acid groups (broad SMARTS) is 1. The van der Waals surface area contributed by atoms with Gasteiger partial charge in [0.25, 0.3) is 0 Å². The molecule has 0 heterocycles. The molecular formula is C25H52NO9P. The van der Waals surface area contributed by atoms with Crippen molar-refractivity contribution in [3.63, 3.8) is 0 Å². The van der Waals surface area contributed by atoms with Crippen molar-refractivity contribution in [2.24, 2.45) is 5.73 Å². The van der Waals surface area contributed by atoms with Gasteiger partial charge < -0.3 is 30.3 Å². The van der Waals surface area contributed by atoms with Crippen molar-refractivity contribution in [1.82, 2.24) is 0 Å². The molecule has 0 fully saturated rings. The van der Waals surface area contributed by atoms with E-state index in [0.717, 1.165) is 19.3 Å². The van der Waals surface area contributed by atoms with Crippen molar-refractivity contribution in [3.8, 4) is 0 Å². The molecule has 0 bridgehead atoms. The molecule has 2 unspecified atom stereocenters. The molecule has 0 aromatic carbocycles. The summed E-state index contributed by atoms with van der Waals surface area (Å²) in [6.07, 6.45) is 18.0. The Bertz CT molecular complexity index is 568. The number of nitrogens with two attached hydrogens (primary N) is 1. The monoisotopic (exact) mass is 541 g/mol. The molecule has 216 valence electrons. The molecule has 0 aliphatic carbocycles. The third-order valence-electron chi connectivity index (χ3n) is 5.99. The molecular weight excluding hydrogens is 489 g/mol. The normalized spacial score (nSPS) is 15.9. The van der Waals surface area contributed by atoms with E-state index in [1.54, 1.807) is 7.11 Å². The maximum Gasteiger partial charge on any atom is 0.472 e. The van der Waals surface area contributed by atoms with E-state index in [1.165, 1.54) is 77.0 Å². The van der Waals surface area contributed by atoms with Gasteiger partial charge in [0.1, 0.15) is 12.1 Å². The van der Waals surface area contributed by atoms with Gasteiger partial charge in [-0.3, -0.25) is 13.8 Å². The Morgan fingerprint density at radius 2 is 1.28 bits per heavy atom. The summed E-state index contributed by atoms with van der Waals surface area (Å²) in [6, 6.07) is -1.45. The Morgan fingerprint density at radius 3 is 1.75 bits per heavy atom. The highest BCUT2D eigenvalue weighted by molar-refractivity contribution is 7.47. The number of hydrogen-bond donors (Lipinski definition) is 4. The second-order valence-electron chi connectivity index (χ2n) is 9.44. The third kappa shape index (κ3) is 22.6. The standard InChI is InChI=1S/C25H52NO9P/c1-3-4-5-6-7-8-9-10-11-12-13-14-15-16-17-23(32-2)20-33-18-22(27)19-34-36(30,31)35-21-24(26)25(28)29/h22-24,27H,3-21,26H2,1-2H3,(H,28,29)(H,30,31)/t22-,23?,24+/m1/s1. The van der Waals surface area contributed by atoms with Crippen molar-refractivity contribution in [2.75, 3.05) is 33.5 Å². The Balaban J connectivity index is 3.67. The summed E-state index contributed by atoms with van der Waals surface area (Å²) in [5.74, 6) is -1.37. The highest BCUT2D eigenvalue weighted by Gasteiger charge is 2.25. The highest BCUT2D eigenvalue weighted by atomic mass is 31.2. The van der Waals surface area contributed by atoms with Gasteiger partial charge in [-0.25, -0.2) is 4.57 Å². The van der Waals surface area contributed by atoms with E-state index < -0.39 is 39.2 Å². The number of aliphatic hydroxyl groups excluding tert-OH is 1. The summed E-state index contributed by atoms with van der Waals surface area (Å²) in [5.41, 5.74) is 5.19. The summed E-state index contributed by atoms with van der Waals surface area (Å²) in [6.45, 7) is 1.25. The first-order chi connectivity index (χ1) is 17.2. The average molecular weight is 542 g/mol. The molecule has 4 atom stereocenters. The smallest absolute Gasteiger partial charge is 0.472 e. The minimum atomic E-state index is -4.52. The van der Waals surface area contributed by atoms with Crippen molar-refractivity contribution in [3.05, 3.63) is 0 Å². The Labute approximate surface area is 217 Å². The molecule has 0 aliphatic rings. The number of carboxylic acids is 1. The number of aliphatic hydroxyl groups is 1. The van der Waals surface area contributed by atoms with Crippen molar-refractivity contribution in [1.29, 1.82) is 0 Å². The summed E-state index contributed by atoms with van der Waals surface area (Å²) < 4.78 is 31.7. The number of hydrogen-bond acceptors (Lipinski definition) is 8. The SMILES string of the molecule is CCCCCCCCCCCCCCCCC(COC[C@@H](O)COP(=O)(O)OC[C@H](N)C(=O)O)OC. The molecule has 5 N–H and O–H groups in total. The van der Waals surface area contributed by atoms with Crippen LogP contribution in [0.15, 0.2) is 0 Å². The van der Waals surface area contributed by atoms with Crippen LogP contribution in [0.3, 0.4) is 0 Å². The fourth-order valence-corrected chi connectivity index (χ4v) is 4.47. The van der Waals surface area contributed by atoms with Crippen LogP contribution in [-0.4, -0.2) is 72.9 Å². The second kappa shape index (κ2) is 23.5. The summed E-state index contributed by atoms with van der Waals surface area (Å²) in [5, 5.41) is 18.5. The number of methoxy groups -OCH3 is 1. The largest absolute Gasteiger partial charge is 0.480 e. The van der Waals surface area contributed by atoms with E-state index in [4.69, 9.17) is 20.3 Å². The van der Waals surface area contributed by atoms with Gasteiger partial charge in [-0.05, 0) is 6.42 Å². The van der Waals surface area contributed by atoms with Crippen LogP contribution >= 0.6 is 7.82 Å². The Hall–Kier alpha value is -0.580. The minimum absolute atomic E-state index is 0.0831. The number of rotatable bonds is 27. The maximum absolute atomic E-state index is 11.7. The fraction of sp³-hybridized carbons (Fsp3) is 0.960. The number of carbonyl (C=O) groups is 1. The zero-order valence-electron chi connectivity index (χ0n) is 22.5. The molecule has 0 saturated carbocycles. The first-order valence-corrected chi connectivity index (χ1v) is 15.1. The van der Waals surface area contributed by atoms with Gasteiger partial charge in [0.05, 0.1) is 32.5 Å². The number of ether oxygens (including phenoxy) is 2. The van der Waals surface area contributed by atoms with Crippen molar-refractivity contribution in [2.45, 2.75) is 121 Å². The quantitative estimate of drug-likeness (QED) is 0.0841. The minimum Gasteiger partial charge on any atom is -0.480 e. The molecule has 0 aromatic rings. The lowest BCUT2D eigenvalue weighted by Crippen LogP contribution is -2.34. The van der Waals surface area contributed by atoms with Crippen LogP contribution in [0.4, 0.5) is 0 Å². The zero-order chi connectivity index (χ0) is 27.1. The second-order valence-corrected chi connectivity index (χ2v) is 10.9. The van der Waals surface area contributed by atoms with E-state index in [0.29, 0.717) is 6.61 Å². The van der Waals surface area contributed by atoms with Crippen LogP contribution in [-0.2, 0) is 27.9 Å². The van der Waals surface area contributed by atoms with Gasteiger partial charge in [-0.1, -0.05) is 96.8 Å². The summed E-state index contributed by atoms with van der Waals surface area (Å²) in [7, 11) is -2.90. The fourth-order valence-electron chi connectivity index (χ4n) is 3.68. The number of unbranched alkanes of at least 4 members (excludes halogenated alkanes) is 13. The topological polar surface area (TPSA) is 158 Å². The molecule has 0 radical (unpaired) electrons. The Morgan fingerprint density at radius 1 is 0.806 bits per heavy atom. The van der Waals surface area contributed by atoms with Crippen molar-refractivity contribution < 1.29 is 43.0 Å². The van der Waals surface area contributed by atoms with E-state index in [1.807, 2.05) is 0 Å². The molecule has 0 spiro atoms. The number of aliphatic carboxylic acids is 1. The average Bonchev–Trinajstić information content (AvgIpc) is 2.85. The molecule has 0 rings (SSSR count). The van der Waals surface area contributed by atoms with Crippen molar-refractivity contribution >= 4 is 13.8 Å². The molecule has 10 nitrogen and oxygen atoms in total. The predicted octanol–water partition coefficient (Wildman–Crippen LogP) is 4.80. The molecule has 0 amide bonds. The van der Waals surface area contributed by atoms with Crippen LogP contribution in [0.1, 0.15) is 103 Å². The summed E-state index contributed by atoms with van der Waals surface area (Å²) in [4.78, 5) is 20.1. The van der Waals surface area contributed by atoms with E-state index in [2.05, 4.69) is 16.0 Å². The van der Waals surface area contributed by atoms with Gasteiger partial charge in [-0.2, -0.15) is 0 Å². The van der Waals surface area contributed by atoms with Crippen LogP contribution in [0.5, 0.6) is 0 Å². The zero-order valence-corrected chi connectivity index (χ0v) is 23.4. The van der Waals surface area contributed by atoms with Gasteiger partial charge >= 0.3 is 13.8 Å². The van der Waals surface area contributed by atoms with E-state index in [9.17, 15) is 19.4 Å². The molecule has 36 heavy (non-hydrogen) atoms. The summed E-state index contributed by atoms with van der Waals surface area (Å²) >= 11 is 0. The van der Waals surface area contributed by atoms with Gasteiger partial charge in [0, 0.05) is 7.11 Å². The maximum atomic E-state index is 11.7. The van der Waals surface area contributed by atoms with Gasteiger partial charge in [-0.15, -0.1) is 0 Å². The van der Waals surface area contributed by atoms with Crippen LogP contribution < -0.4 is 5.73 Å². The first-order valence-electron chi connectivity index (χ1n) is 13.6. The van der Waals surface area contributed by atoms with Crippen LogP contribution in [0.2, 0.25) is 0 Å². The molecule has 11 heteroatoms. The van der Waals surface area contributed by atoms with E-state index in [-0.39, 0.29) is 12.7 Å². The molecule has 0 aromatic heterocycles. The van der Waals surface area contributed by atoms with E-state index >= 15 is 0 Å². The first kappa shape index (κ1) is 35.4.